The molecule has 1 N–H and O–H groups in total. The third-order valence-corrected chi connectivity index (χ3v) is 5.64. The summed E-state index contributed by atoms with van der Waals surface area (Å²) in [5.41, 5.74) is 3.37. The number of phenolic OH excluding ortho intramolecular Hbond substituents is 1. The molecule has 0 aromatic heterocycles. The molecule has 2 atom stereocenters. The Morgan fingerprint density at radius 2 is 1.25 bits per heavy atom. The standard InChI is InChI=1S/C26H25NO/c1-19(20-11-5-3-6-12-20)27(2)26(22-14-7-4-8-15-22)25-23-16-10-9-13-21(23)17-18-24(25)28/h3-19,26,28H,1-2H3/t19-,26-/m0/s1. The maximum Gasteiger partial charge on any atom is 0.121 e. The molecular formula is C26H25NO. The Hall–Kier alpha value is -3.10. The van der Waals surface area contributed by atoms with E-state index in [4.69, 9.17) is 0 Å². The summed E-state index contributed by atoms with van der Waals surface area (Å²) in [6, 6.07) is 33.1. The molecule has 2 heteroatoms. The van der Waals surface area contributed by atoms with Crippen molar-refractivity contribution in [3.63, 3.8) is 0 Å². The fourth-order valence-corrected chi connectivity index (χ4v) is 4.00. The first-order valence-electron chi connectivity index (χ1n) is 9.69. The van der Waals surface area contributed by atoms with E-state index < -0.39 is 0 Å². The molecule has 0 heterocycles. The fraction of sp³-hybridized carbons (Fsp3) is 0.154. The highest BCUT2D eigenvalue weighted by molar-refractivity contribution is 5.88. The van der Waals surface area contributed by atoms with Gasteiger partial charge in [-0.2, -0.15) is 0 Å². The lowest BCUT2D eigenvalue weighted by atomic mass is 9.90. The van der Waals surface area contributed by atoms with Crippen LogP contribution in [0.4, 0.5) is 0 Å². The minimum atomic E-state index is -0.0671. The summed E-state index contributed by atoms with van der Waals surface area (Å²) in [7, 11) is 2.14. The predicted octanol–water partition coefficient (Wildman–Crippen LogP) is 6.33. The second-order valence-electron chi connectivity index (χ2n) is 7.28. The topological polar surface area (TPSA) is 23.5 Å². The maximum atomic E-state index is 10.9. The molecule has 4 aromatic rings. The van der Waals surface area contributed by atoms with Gasteiger partial charge in [-0.05, 0) is 41.9 Å². The highest BCUT2D eigenvalue weighted by Crippen LogP contribution is 2.41. The Kier molecular flexibility index (Phi) is 5.14. The van der Waals surface area contributed by atoms with Crippen molar-refractivity contribution in [2.45, 2.75) is 19.0 Å². The fourth-order valence-electron chi connectivity index (χ4n) is 4.00. The van der Waals surface area contributed by atoms with Crippen molar-refractivity contribution in [2.24, 2.45) is 0 Å². The second kappa shape index (κ2) is 7.87. The molecule has 0 saturated heterocycles. The Morgan fingerprint density at radius 1 is 0.679 bits per heavy atom. The van der Waals surface area contributed by atoms with Gasteiger partial charge in [0.1, 0.15) is 5.75 Å². The largest absolute Gasteiger partial charge is 0.508 e. The summed E-state index contributed by atoms with van der Waals surface area (Å²) in [6.07, 6.45) is 0. The van der Waals surface area contributed by atoms with Gasteiger partial charge in [0.2, 0.25) is 0 Å². The third-order valence-electron chi connectivity index (χ3n) is 5.64. The highest BCUT2D eigenvalue weighted by atomic mass is 16.3. The molecule has 2 nitrogen and oxygen atoms in total. The van der Waals surface area contributed by atoms with Crippen LogP contribution in [-0.2, 0) is 0 Å². The molecule has 4 rings (SSSR count). The SMILES string of the molecule is C[C@@H](c1ccccc1)N(C)[C@@H](c1ccccc1)c1c(O)ccc2ccccc12. The first-order valence-corrected chi connectivity index (χ1v) is 9.69. The van der Waals surface area contributed by atoms with Gasteiger partial charge in [0.15, 0.2) is 0 Å². The van der Waals surface area contributed by atoms with Crippen molar-refractivity contribution >= 4 is 10.8 Å². The summed E-state index contributed by atoms with van der Waals surface area (Å²) in [5, 5.41) is 13.1. The van der Waals surface area contributed by atoms with Gasteiger partial charge in [-0.1, -0.05) is 91.0 Å². The van der Waals surface area contributed by atoms with Crippen LogP contribution in [0, 0.1) is 0 Å². The van der Waals surface area contributed by atoms with Crippen LogP contribution in [0.25, 0.3) is 10.8 Å². The van der Waals surface area contributed by atoms with E-state index in [1.807, 2.05) is 36.4 Å². The molecule has 4 aromatic carbocycles. The van der Waals surface area contributed by atoms with Gasteiger partial charge in [0, 0.05) is 11.6 Å². The van der Waals surface area contributed by atoms with E-state index in [0.717, 1.165) is 16.3 Å². The molecule has 140 valence electrons. The number of phenols is 1. The van der Waals surface area contributed by atoms with E-state index in [1.165, 1.54) is 11.1 Å². The Labute approximate surface area is 166 Å². The lowest BCUT2D eigenvalue weighted by Gasteiger charge is -2.35. The lowest BCUT2D eigenvalue weighted by Crippen LogP contribution is -2.28. The van der Waals surface area contributed by atoms with Gasteiger partial charge in [-0.25, -0.2) is 0 Å². The van der Waals surface area contributed by atoms with Crippen molar-refractivity contribution in [3.05, 3.63) is 114 Å². The molecule has 28 heavy (non-hydrogen) atoms. The van der Waals surface area contributed by atoms with Gasteiger partial charge in [-0.3, -0.25) is 4.90 Å². The Bertz CT molecular complexity index is 1060. The zero-order valence-electron chi connectivity index (χ0n) is 16.3. The average molecular weight is 367 g/mol. The first kappa shape index (κ1) is 18.3. The van der Waals surface area contributed by atoms with Crippen LogP contribution in [0.5, 0.6) is 5.75 Å². The molecule has 0 spiro atoms. The van der Waals surface area contributed by atoms with Crippen molar-refractivity contribution in [1.82, 2.24) is 4.90 Å². The average Bonchev–Trinajstić information content (AvgIpc) is 2.76. The first-order chi connectivity index (χ1) is 13.7. The summed E-state index contributed by atoms with van der Waals surface area (Å²) in [4.78, 5) is 2.34. The van der Waals surface area contributed by atoms with E-state index in [1.54, 1.807) is 0 Å². The Balaban J connectivity index is 1.90. The summed E-state index contributed by atoms with van der Waals surface area (Å²) < 4.78 is 0. The normalized spacial score (nSPS) is 13.5. The molecule has 0 bridgehead atoms. The molecule has 0 fully saturated rings. The van der Waals surface area contributed by atoms with Gasteiger partial charge in [0.25, 0.3) is 0 Å². The van der Waals surface area contributed by atoms with Crippen LogP contribution < -0.4 is 0 Å². The smallest absolute Gasteiger partial charge is 0.121 e. The number of nitrogens with zero attached hydrogens (tertiary/aromatic N) is 1. The zero-order valence-corrected chi connectivity index (χ0v) is 16.3. The van der Waals surface area contributed by atoms with Crippen molar-refractivity contribution in [1.29, 1.82) is 0 Å². The Morgan fingerprint density at radius 3 is 1.93 bits per heavy atom. The molecule has 0 amide bonds. The van der Waals surface area contributed by atoms with Crippen LogP contribution in [0.1, 0.15) is 35.7 Å². The zero-order chi connectivity index (χ0) is 19.5. The monoisotopic (exact) mass is 367 g/mol. The minimum Gasteiger partial charge on any atom is -0.508 e. The van der Waals surface area contributed by atoms with Gasteiger partial charge >= 0.3 is 0 Å². The summed E-state index contributed by atoms with van der Waals surface area (Å²) in [6.45, 7) is 2.22. The molecule has 0 aliphatic heterocycles. The van der Waals surface area contributed by atoms with Crippen molar-refractivity contribution in [2.75, 3.05) is 7.05 Å². The predicted molar refractivity (Wildman–Crippen MR) is 117 cm³/mol. The molecule has 0 aliphatic carbocycles. The van der Waals surface area contributed by atoms with Crippen LogP contribution in [-0.4, -0.2) is 17.1 Å². The summed E-state index contributed by atoms with van der Waals surface area (Å²) >= 11 is 0. The van der Waals surface area contributed by atoms with Gasteiger partial charge in [0.05, 0.1) is 6.04 Å². The molecule has 0 radical (unpaired) electrons. The lowest BCUT2D eigenvalue weighted by molar-refractivity contribution is 0.211. The summed E-state index contributed by atoms with van der Waals surface area (Å²) in [5.74, 6) is 0.333. The maximum absolute atomic E-state index is 10.9. The van der Waals surface area contributed by atoms with Crippen LogP contribution in [0.15, 0.2) is 97.1 Å². The van der Waals surface area contributed by atoms with Crippen LogP contribution >= 0.6 is 0 Å². The molecule has 0 unspecified atom stereocenters. The van der Waals surface area contributed by atoms with Crippen molar-refractivity contribution < 1.29 is 5.11 Å². The molecular weight excluding hydrogens is 342 g/mol. The number of rotatable bonds is 5. The number of hydrogen-bond donors (Lipinski definition) is 1. The highest BCUT2D eigenvalue weighted by Gasteiger charge is 2.27. The molecule has 0 saturated carbocycles. The number of aromatic hydroxyl groups is 1. The van der Waals surface area contributed by atoms with E-state index >= 15 is 0 Å². The third kappa shape index (κ3) is 3.39. The second-order valence-corrected chi connectivity index (χ2v) is 7.28. The van der Waals surface area contributed by atoms with E-state index in [-0.39, 0.29) is 12.1 Å². The van der Waals surface area contributed by atoms with Crippen LogP contribution in [0.3, 0.4) is 0 Å². The van der Waals surface area contributed by atoms with Crippen LogP contribution in [0.2, 0.25) is 0 Å². The molecule has 0 aliphatic rings. The number of hydrogen-bond acceptors (Lipinski definition) is 2. The van der Waals surface area contributed by atoms with Crippen molar-refractivity contribution in [3.8, 4) is 5.75 Å². The van der Waals surface area contributed by atoms with Gasteiger partial charge in [-0.15, -0.1) is 0 Å². The quantitative estimate of drug-likeness (QED) is 0.446. The van der Waals surface area contributed by atoms with E-state index in [0.29, 0.717) is 5.75 Å². The minimum absolute atomic E-state index is 0.0671. The number of fused-ring (bicyclic) bond motifs is 1. The van der Waals surface area contributed by atoms with E-state index in [2.05, 4.69) is 79.5 Å². The van der Waals surface area contributed by atoms with E-state index in [9.17, 15) is 5.11 Å². The van der Waals surface area contributed by atoms with Gasteiger partial charge < -0.3 is 5.11 Å². The number of benzene rings is 4.